The lowest BCUT2D eigenvalue weighted by molar-refractivity contribution is -0.385. The Morgan fingerprint density at radius 1 is 0.972 bits per heavy atom. The van der Waals surface area contributed by atoms with Crippen LogP contribution in [-0.4, -0.2) is 29.0 Å². The highest BCUT2D eigenvalue weighted by atomic mass is 32.2. The molecule has 2 N–H and O–H groups in total. The van der Waals surface area contributed by atoms with Gasteiger partial charge in [0.25, 0.3) is 10.0 Å². The Kier molecular flexibility index (Phi) is 5.91. The largest absolute Gasteiger partial charge is 0.350 e. The number of nitro groups is 1. The summed E-state index contributed by atoms with van der Waals surface area (Å²) in [6.07, 6.45) is 4.71. The van der Waals surface area contributed by atoms with Crippen molar-refractivity contribution in [3.63, 3.8) is 0 Å². The number of nitrogens with zero attached hydrogens (tertiary/aromatic N) is 5. The first-order valence-electron chi connectivity index (χ1n) is 11.6. The molecule has 1 saturated carbocycles. The maximum Gasteiger partial charge on any atom is 0.319 e. The van der Waals surface area contributed by atoms with Gasteiger partial charge in [-0.05, 0) is 75.9 Å². The van der Waals surface area contributed by atoms with E-state index in [0.717, 1.165) is 32.1 Å². The highest BCUT2D eigenvalue weighted by Gasteiger charge is 2.35. The van der Waals surface area contributed by atoms with Crippen molar-refractivity contribution in [2.75, 3.05) is 10.0 Å². The van der Waals surface area contributed by atoms with Gasteiger partial charge in [-0.15, -0.1) is 0 Å². The standard InChI is InChI=1S/C24H25N7O4S/c1-15-14-21(26-16(2)25-15)30-36(34,35)18-8-6-17(7-9-18)27-20-11-10-19-22(23(20)31(32)33)29-24(28-19)12-4-3-5-13-24/h6-11,14,27H,3-5,12-13H2,1-2H3,(H,25,26,30). The van der Waals surface area contributed by atoms with E-state index in [2.05, 4.69) is 20.0 Å². The predicted molar refractivity (Wildman–Crippen MR) is 133 cm³/mol. The lowest BCUT2D eigenvalue weighted by Crippen LogP contribution is -2.26. The Morgan fingerprint density at radius 3 is 2.36 bits per heavy atom. The van der Waals surface area contributed by atoms with Crippen LogP contribution in [0.25, 0.3) is 0 Å². The van der Waals surface area contributed by atoms with E-state index in [4.69, 9.17) is 9.98 Å². The zero-order chi connectivity index (χ0) is 25.5. The Morgan fingerprint density at radius 2 is 1.69 bits per heavy atom. The quantitative estimate of drug-likeness (QED) is 0.383. The number of rotatable bonds is 6. The number of hydrogen-bond donors (Lipinski definition) is 2. The third-order valence-corrected chi connectivity index (χ3v) is 7.63. The molecule has 2 aliphatic rings. The molecule has 1 aromatic heterocycles. The van der Waals surface area contributed by atoms with E-state index in [0.29, 0.717) is 27.9 Å². The van der Waals surface area contributed by atoms with E-state index in [1.54, 1.807) is 44.2 Å². The van der Waals surface area contributed by atoms with Crippen LogP contribution in [-0.2, 0) is 10.0 Å². The normalized spacial score (nSPS) is 16.1. The van der Waals surface area contributed by atoms with Crippen LogP contribution in [0.5, 0.6) is 0 Å². The molecule has 0 radical (unpaired) electrons. The fraction of sp³-hybridized carbons (Fsp3) is 0.333. The van der Waals surface area contributed by atoms with E-state index < -0.39 is 20.6 Å². The van der Waals surface area contributed by atoms with E-state index in [1.807, 2.05) is 0 Å². The smallest absolute Gasteiger partial charge is 0.319 e. The zero-order valence-corrected chi connectivity index (χ0v) is 20.7. The molecule has 3 aromatic rings. The molecule has 0 atom stereocenters. The van der Waals surface area contributed by atoms with Crippen molar-refractivity contribution in [2.45, 2.75) is 56.5 Å². The molecule has 0 bridgehead atoms. The summed E-state index contributed by atoms with van der Waals surface area (Å²) in [4.78, 5) is 29.3. The van der Waals surface area contributed by atoms with Gasteiger partial charge in [-0.2, -0.15) is 0 Å². The summed E-state index contributed by atoms with van der Waals surface area (Å²) < 4.78 is 28.1. The van der Waals surface area contributed by atoms with Gasteiger partial charge >= 0.3 is 5.69 Å². The molecule has 36 heavy (non-hydrogen) atoms. The van der Waals surface area contributed by atoms with Crippen molar-refractivity contribution >= 4 is 32.9 Å². The van der Waals surface area contributed by atoms with Crippen LogP contribution in [0.15, 0.2) is 57.3 Å². The summed E-state index contributed by atoms with van der Waals surface area (Å²) in [5.74, 6) is 0.637. The lowest BCUT2D eigenvalue weighted by atomic mass is 9.90. The number of sulfonamides is 1. The SMILES string of the molecule is Cc1cc(NS(=O)(=O)c2ccc(Nc3ccc4c(c3[N+](=O)[O-])=NC3(CCCCC3)N=4)cc2)nc(C)n1. The summed E-state index contributed by atoms with van der Waals surface area (Å²) in [7, 11) is -3.89. The number of benzene rings is 2. The summed E-state index contributed by atoms with van der Waals surface area (Å²) in [6, 6.07) is 10.8. The molecule has 11 nitrogen and oxygen atoms in total. The van der Waals surface area contributed by atoms with Crippen molar-refractivity contribution in [1.82, 2.24) is 9.97 Å². The van der Waals surface area contributed by atoms with E-state index in [-0.39, 0.29) is 22.1 Å². The summed E-state index contributed by atoms with van der Waals surface area (Å²) >= 11 is 0. The average Bonchev–Trinajstić information content (AvgIpc) is 3.15. The second-order valence-corrected chi connectivity index (χ2v) is 10.7. The molecule has 5 rings (SSSR count). The molecule has 1 aliphatic carbocycles. The van der Waals surface area contributed by atoms with Gasteiger partial charge in [-0.1, -0.05) is 6.42 Å². The van der Waals surface area contributed by atoms with Gasteiger partial charge in [0, 0.05) is 17.4 Å². The fourth-order valence-corrected chi connectivity index (χ4v) is 5.68. The molecule has 1 fully saturated rings. The Labute approximate surface area is 207 Å². The Hall–Kier alpha value is -3.93. The molecule has 2 heterocycles. The van der Waals surface area contributed by atoms with Gasteiger partial charge in [0.15, 0.2) is 11.0 Å². The van der Waals surface area contributed by atoms with E-state index >= 15 is 0 Å². The van der Waals surface area contributed by atoms with Gasteiger partial charge in [-0.25, -0.2) is 23.4 Å². The van der Waals surface area contributed by atoms with Gasteiger partial charge in [0.2, 0.25) is 0 Å². The molecule has 186 valence electrons. The van der Waals surface area contributed by atoms with E-state index in [9.17, 15) is 18.5 Å². The minimum atomic E-state index is -3.89. The maximum absolute atomic E-state index is 12.8. The van der Waals surface area contributed by atoms with Crippen molar-refractivity contribution < 1.29 is 13.3 Å². The Balaban J connectivity index is 1.41. The van der Waals surface area contributed by atoms with Crippen LogP contribution >= 0.6 is 0 Å². The van der Waals surface area contributed by atoms with Gasteiger partial charge in [0.1, 0.15) is 17.3 Å². The zero-order valence-electron chi connectivity index (χ0n) is 19.9. The molecular weight excluding hydrogens is 482 g/mol. The number of nitro benzene ring substituents is 1. The first-order valence-corrected chi connectivity index (χ1v) is 13.1. The Bertz CT molecular complexity index is 1560. The number of hydrogen-bond acceptors (Lipinski definition) is 9. The highest BCUT2D eigenvalue weighted by Crippen LogP contribution is 2.34. The number of aryl methyl sites for hydroxylation is 2. The molecule has 0 amide bonds. The topological polar surface area (TPSA) is 152 Å². The first kappa shape index (κ1) is 23.8. The van der Waals surface area contributed by atoms with Crippen molar-refractivity contribution in [3.05, 3.63) is 74.8 Å². The van der Waals surface area contributed by atoms with Crippen LogP contribution in [0, 0.1) is 24.0 Å². The molecule has 1 spiro atoms. The van der Waals surface area contributed by atoms with Gasteiger partial charge in [-0.3, -0.25) is 19.8 Å². The second kappa shape index (κ2) is 8.94. The van der Waals surface area contributed by atoms with Crippen LogP contribution in [0.3, 0.4) is 0 Å². The van der Waals surface area contributed by atoms with Crippen LogP contribution in [0.1, 0.15) is 43.6 Å². The second-order valence-electron chi connectivity index (χ2n) is 9.05. The summed E-state index contributed by atoms with van der Waals surface area (Å²) in [5.41, 5.74) is 0.684. The van der Waals surface area contributed by atoms with E-state index in [1.165, 1.54) is 12.1 Å². The lowest BCUT2D eigenvalue weighted by Gasteiger charge is -2.27. The third-order valence-electron chi connectivity index (χ3n) is 6.26. The predicted octanol–water partition coefficient (Wildman–Crippen LogP) is 3.46. The first-order chi connectivity index (χ1) is 17.1. The van der Waals surface area contributed by atoms with Gasteiger partial charge < -0.3 is 5.32 Å². The minimum Gasteiger partial charge on any atom is -0.350 e. The summed E-state index contributed by atoms with van der Waals surface area (Å²) in [5, 5.41) is 15.9. The number of anilines is 3. The van der Waals surface area contributed by atoms with Crippen molar-refractivity contribution in [2.24, 2.45) is 9.98 Å². The van der Waals surface area contributed by atoms with Crippen LogP contribution in [0.4, 0.5) is 22.9 Å². The molecule has 12 heteroatoms. The third kappa shape index (κ3) is 4.63. The number of nitrogens with one attached hydrogen (secondary N) is 2. The van der Waals surface area contributed by atoms with Gasteiger partial charge in [0.05, 0.1) is 15.2 Å². The summed E-state index contributed by atoms with van der Waals surface area (Å²) in [6.45, 7) is 3.43. The maximum atomic E-state index is 12.8. The van der Waals surface area contributed by atoms with Crippen LogP contribution in [0.2, 0.25) is 0 Å². The monoisotopic (exact) mass is 507 g/mol. The molecule has 1 aliphatic heterocycles. The van der Waals surface area contributed by atoms with Crippen LogP contribution < -0.4 is 20.8 Å². The number of fused-ring (bicyclic) bond motifs is 1. The molecule has 0 saturated heterocycles. The van der Waals surface area contributed by atoms with Crippen molar-refractivity contribution in [1.29, 1.82) is 0 Å². The highest BCUT2D eigenvalue weighted by molar-refractivity contribution is 7.92. The average molecular weight is 508 g/mol. The number of aromatic nitrogens is 2. The molecule has 2 aromatic carbocycles. The fourth-order valence-electron chi connectivity index (χ4n) is 4.69. The van der Waals surface area contributed by atoms with Crippen molar-refractivity contribution in [3.8, 4) is 0 Å². The molecular formula is C24H25N7O4S. The molecule has 0 unspecified atom stereocenters. The minimum absolute atomic E-state index is 0.0264.